The summed E-state index contributed by atoms with van der Waals surface area (Å²) in [6.45, 7) is 1.47. The molecule has 0 bridgehead atoms. The highest BCUT2D eigenvalue weighted by Gasteiger charge is 2.35. The van der Waals surface area contributed by atoms with E-state index in [0.717, 1.165) is 12.5 Å². The molecule has 2 aliphatic carbocycles. The van der Waals surface area contributed by atoms with Gasteiger partial charge in [0.1, 0.15) is 0 Å². The quantitative estimate of drug-likeness (QED) is 0.700. The Labute approximate surface area is 93.5 Å². The minimum atomic E-state index is 0.117. The van der Waals surface area contributed by atoms with E-state index >= 15 is 0 Å². The first-order chi connectivity index (χ1) is 7.35. The van der Waals surface area contributed by atoms with E-state index < -0.39 is 0 Å². The molecular formula is C13H25NO. The third-order valence-corrected chi connectivity index (χ3v) is 4.35. The average molecular weight is 211 g/mol. The van der Waals surface area contributed by atoms with Crippen molar-refractivity contribution in [1.29, 1.82) is 0 Å². The summed E-state index contributed by atoms with van der Waals surface area (Å²) in [5.74, 6) is 0.872. The van der Waals surface area contributed by atoms with Crippen LogP contribution in [0.3, 0.4) is 0 Å². The van der Waals surface area contributed by atoms with Gasteiger partial charge >= 0.3 is 0 Å². The summed E-state index contributed by atoms with van der Waals surface area (Å²) in [4.78, 5) is 0. The molecule has 0 unspecified atom stereocenters. The molecule has 0 atom stereocenters. The van der Waals surface area contributed by atoms with Crippen molar-refractivity contribution in [2.45, 2.75) is 63.3 Å². The Hall–Kier alpha value is -0.0800. The van der Waals surface area contributed by atoms with Crippen molar-refractivity contribution in [3.05, 3.63) is 0 Å². The minimum absolute atomic E-state index is 0.117. The summed E-state index contributed by atoms with van der Waals surface area (Å²) in [6.07, 6.45) is 12.1. The van der Waals surface area contributed by atoms with Gasteiger partial charge in [-0.2, -0.15) is 0 Å². The maximum Gasteiger partial charge on any atom is 0.0613 e. The van der Waals surface area contributed by atoms with Crippen LogP contribution in [0.5, 0.6) is 0 Å². The molecule has 15 heavy (non-hydrogen) atoms. The molecule has 0 aliphatic heterocycles. The molecular weight excluding hydrogens is 186 g/mol. The van der Waals surface area contributed by atoms with Crippen LogP contribution in [0.4, 0.5) is 0 Å². The fraction of sp³-hybridized carbons (Fsp3) is 1.00. The number of rotatable bonds is 4. The Morgan fingerprint density at radius 2 is 1.67 bits per heavy atom. The standard InChI is InChI=1S/C13H25NO/c15-11-13(8-5-9-13)14-10-12-6-3-1-2-4-7-12/h12,14-15H,1-11H2. The lowest BCUT2D eigenvalue weighted by atomic mass is 9.77. The van der Waals surface area contributed by atoms with Crippen molar-refractivity contribution in [3.63, 3.8) is 0 Å². The molecule has 2 rings (SSSR count). The van der Waals surface area contributed by atoms with Gasteiger partial charge in [-0.3, -0.25) is 0 Å². The van der Waals surface area contributed by atoms with E-state index in [2.05, 4.69) is 5.32 Å². The summed E-state index contributed by atoms with van der Waals surface area (Å²) in [5.41, 5.74) is 0.117. The normalized spacial score (nSPS) is 27.0. The maximum atomic E-state index is 9.36. The van der Waals surface area contributed by atoms with Gasteiger partial charge in [0.05, 0.1) is 6.61 Å². The number of nitrogens with one attached hydrogen (secondary N) is 1. The van der Waals surface area contributed by atoms with Crippen LogP contribution in [0.1, 0.15) is 57.8 Å². The summed E-state index contributed by atoms with van der Waals surface area (Å²) >= 11 is 0. The molecule has 0 aromatic heterocycles. The van der Waals surface area contributed by atoms with Crippen LogP contribution in [-0.4, -0.2) is 23.8 Å². The van der Waals surface area contributed by atoms with Crippen LogP contribution >= 0.6 is 0 Å². The zero-order valence-corrected chi connectivity index (χ0v) is 9.80. The molecule has 2 saturated carbocycles. The largest absolute Gasteiger partial charge is 0.394 e. The smallest absolute Gasteiger partial charge is 0.0613 e. The molecule has 0 spiro atoms. The van der Waals surface area contributed by atoms with Crippen molar-refractivity contribution in [3.8, 4) is 0 Å². The molecule has 0 heterocycles. The van der Waals surface area contributed by atoms with Crippen molar-refractivity contribution >= 4 is 0 Å². The Morgan fingerprint density at radius 3 is 2.13 bits per heavy atom. The number of hydrogen-bond donors (Lipinski definition) is 2. The van der Waals surface area contributed by atoms with Crippen LogP contribution in [0.25, 0.3) is 0 Å². The topological polar surface area (TPSA) is 32.3 Å². The van der Waals surface area contributed by atoms with Gasteiger partial charge in [0, 0.05) is 5.54 Å². The molecule has 0 radical (unpaired) electrons. The van der Waals surface area contributed by atoms with E-state index in [-0.39, 0.29) is 5.54 Å². The van der Waals surface area contributed by atoms with Gasteiger partial charge in [-0.15, -0.1) is 0 Å². The maximum absolute atomic E-state index is 9.36. The Morgan fingerprint density at radius 1 is 1.00 bits per heavy atom. The summed E-state index contributed by atoms with van der Waals surface area (Å²) in [5, 5.41) is 13.0. The van der Waals surface area contributed by atoms with Crippen LogP contribution < -0.4 is 5.32 Å². The van der Waals surface area contributed by atoms with E-state index in [9.17, 15) is 5.11 Å². The molecule has 0 saturated heterocycles. The number of hydrogen-bond acceptors (Lipinski definition) is 2. The lowest BCUT2D eigenvalue weighted by molar-refractivity contribution is 0.0835. The Kier molecular flexibility index (Phi) is 4.04. The first-order valence-electron chi connectivity index (χ1n) is 6.71. The first kappa shape index (κ1) is 11.4. The van der Waals surface area contributed by atoms with Gasteiger partial charge in [0.2, 0.25) is 0 Å². The summed E-state index contributed by atoms with van der Waals surface area (Å²) in [6, 6.07) is 0. The fourth-order valence-corrected chi connectivity index (χ4v) is 2.92. The van der Waals surface area contributed by atoms with Crippen LogP contribution in [0.15, 0.2) is 0 Å². The minimum Gasteiger partial charge on any atom is -0.394 e. The molecule has 2 heteroatoms. The molecule has 0 amide bonds. The lowest BCUT2D eigenvalue weighted by Crippen LogP contribution is -2.55. The van der Waals surface area contributed by atoms with E-state index in [0.29, 0.717) is 6.61 Å². The predicted molar refractivity (Wildman–Crippen MR) is 62.9 cm³/mol. The third kappa shape index (κ3) is 2.94. The SMILES string of the molecule is OCC1(NCC2CCCCCC2)CCC1. The second-order valence-corrected chi connectivity index (χ2v) is 5.53. The highest BCUT2D eigenvalue weighted by molar-refractivity contribution is 4.95. The van der Waals surface area contributed by atoms with Crippen molar-refractivity contribution in [2.24, 2.45) is 5.92 Å². The van der Waals surface area contributed by atoms with Crippen LogP contribution in [0.2, 0.25) is 0 Å². The molecule has 0 aromatic carbocycles. The zero-order valence-electron chi connectivity index (χ0n) is 9.80. The van der Waals surface area contributed by atoms with Crippen LogP contribution in [-0.2, 0) is 0 Å². The second kappa shape index (κ2) is 5.31. The average Bonchev–Trinajstić information content (AvgIpc) is 2.45. The second-order valence-electron chi connectivity index (χ2n) is 5.53. The van der Waals surface area contributed by atoms with Gasteiger partial charge in [0.25, 0.3) is 0 Å². The monoisotopic (exact) mass is 211 g/mol. The van der Waals surface area contributed by atoms with E-state index in [1.807, 2.05) is 0 Å². The van der Waals surface area contributed by atoms with Crippen molar-refractivity contribution < 1.29 is 5.11 Å². The Bertz CT molecular complexity index is 175. The van der Waals surface area contributed by atoms with E-state index in [1.54, 1.807) is 0 Å². The Balaban J connectivity index is 1.71. The van der Waals surface area contributed by atoms with E-state index in [1.165, 1.54) is 57.8 Å². The van der Waals surface area contributed by atoms with Gasteiger partial charge in [0.15, 0.2) is 0 Å². The van der Waals surface area contributed by atoms with Crippen molar-refractivity contribution in [1.82, 2.24) is 5.32 Å². The molecule has 2 nitrogen and oxygen atoms in total. The molecule has 0 aromatic rings. The molecule has 2 aliphatic rings. The van der Waals surface area contributed by atoms with Crippen molar-refractivity contribution in [2.75, 3.05) is 13.2 Å². The highest BCUT2D eigenvalue weighted by atomic mass is 16.3. The first-order valence-corrected chi connectivity index (χ1v) is 6.71. The third-order valence-electron chi connectivity index (χ3n) is 4.35. The summed E-state index contributed by atoms with van der Waals surface area (Å²) in [7, 11) is 0. The lowest BCUT2D eigenvalue weighted by Gasteiger charge is -2.42. The highest BCUT2D eigenvalue weighted by Crippen LogP contribution is 2.32. The number of aliphatic hydroxyl groups is 1. The van der Waals surface area contributed by atoms with Crippen LogP contribution in [0, 0.1) is 5.92 Å². The fourth-order valence-electron chi connectivity index (χ4n) is 2.92. The molecule has 2 fully saturated rings. The van der Waals surface area contributed by atoms with Gasteiger partial charge < -0.3 is 10.4 Å². The van der Waals surface area contributed by atoms with Gasteiger partial charge in [-0.05, 0) is 44.6 Å². The molecule has 88 valence electrons. The van der Waals surface area contributed by atoms with Gasteiger partial charge in [-0.1, -0.05) is 25.7 Å². The van der Waals surface area contributed by atoms with E-state index in [4.69, 9.17) is 0 Å². The predicted octanol–water partition coefficient (Wildman–Crippen LogP) is 2.46. The van der Waals surface area contributed by atoms with Gasteiger partial charge in [-0.25, -0.2) is 0 Å². The number of aliphatic hydroxyl groups excluding tert-OH is 1. The summed E-state index contributed by atoms with van der Waals surface area (Å²) < 4.78 is 0. The molecule has 2 N–H and O–H groups in total. The zero-order chi connectivity index (χ0) is 10.6.